The fourth-order valence-corrected chi connectivity index (χ4v) is 2.74. The van der Waals surface area contributed by atoms with Gasteiger partial charge in [0.2, 0.25) is 5.95 Å². The lowest BCUT2D eigenvalue weighted by Crippen LogP contribution is -2.07. The minimum absolute atomic E-state index is 0.233. The first-order valence-electron chi connectivity index (χ1n) is 6.53. The summed E-state index contributed by atoms with van der Waals surface area (Å²) in [5, 5.41) is 0.616. The molecular formula is C14H16N4OS. The Kier molecular flexibility index (Phi) is 3.73. The van der Waals surface area contributed by atoms with Crippen LogP contribution in [0.3, 0.4) is 0 Å². The van der Waals surface area contributed by atoms with Gasteiger partial charge in [-0.15, -0.1) is 0 Å². The van der Waals surface area contributed by atoms with E-state index < -0.39 is 0 Å². The van der Waals surface area contributed by atoms with Gasteiger partial charge >= 0.3 is 0 Å². The maximum Gasteiger partial charge on any atom is 0.224 e. The molecule has 1 aromatic heterocycles. The SMILES string of the molecule is CSc1nc(N)nc(COc2ccc3c(c2)CCC3)n1. The average molecular weight is 288 g/mol. The van der Waals surface area contributed by atoms with Crippen molar-refractivity contribution in [3.05, 3.63) is 35.2 Å². The van der Waals surface area contributed by atoms with E-state index in [1.165, 1.54) is 35.7 Å². The van der Waals surface area contributed by atoms with E-state index in [-0.39, 0.29) is 5.95 Å². The number of nitrogen functional groups attached to an aromatic ring is 1. The van der Waals surface area contributed by atoms with Crippen LogP contribution in [0.4, 0.5) is 5.95 Å². The summed E-state index contributed by atoms with van der Waals surface area (Å²) in [6.07, 6.45) is 5.46. The second-order valence-corrected chi connectivity index (χ2v) is 5.44. The molecule has 1 aliphatic carbocycles. The van der Waals surface area contributed by atoms with Crippen molar-refractivity contribution < 1.29 is 4.74 Å². The molecule has 0 atom stereocenters. The summed E-state index contributed by atoms with van der Waals surface area (Å²) in [7, 11) is 0. The molecule has 0 aliphatic heterocycles. The van der Waals surface area contributed by atoms with E-state index in [9.17, 15) is 0 Å². The van der Waals surface area contributed by atoms with Crippen LogP contribution >= 0.6 is 11.8 Å². The van der Waals surface area contributed by atoms with E-state index in [2.05, 4.69) is 27.1 Å². The van der Waals surface area contributed by atoms with Crippen molar-refractivity contribution in [2.45, 2.75) is 31.0 Å². The topological polar surface area (TPSA) is 73.9 Å². The van der Waals surface area contributed by atoms with Crippen LogP contribution in [0.1, 0.15) is 23.4 Å². The average Bonchev–Trinajstić information content (AvgIpc) is 2.92. The number of anilines is 1. The summed E-state index contributed by atoms with van der Waals surface area (Å²) in [5.41, 5.74) is 8.47. The van der Waals surface area contributed by atoms with Crippen LogP contribution in [0.2, 0.25) is 0 Å². The number of hydrogen-bond acceptors (Lipinski definition) is 6. The van der Waals surface area contributed by atoms with Crippen LogP contribution in [0.5, 0.6) is 5.75 Å². The molecule has 5 nitrogen and oxygen atoms in total. The second kappa shape index (κ2) is 5.66. The van der Waals surface area contributed by atoms with Crippen molar-refractivity contribution in [2.24, 2.45) is 0 Å². The van der Waals surface area contributed by atoms with Crippen molar-refractivity contribution in [3.63, 3.8) is 0 Å². The summed E-state index contributed by atoms with van der Waals surface area (Å²) >= 11 is 1.44. The van der Waals surface area contributed by atoms with E-state index >= 15 is 0 Å². The smallest absolute Gasteiger partial charge is 0.224 e. The molecule has 0 radical (unpaired) electrons. The quantitative estimate of drug-likeness (QED) is 0.870. The minimum Gasteiger partial charge on any atom is -0.486 e. The predicted octanol–water partition coefficient (Wildman–Crippen LogP) is 2.24. The highest BCUT2D eigenvalue weighted by Gasteiger charge is 2.11. The fourth-order valence-electron chi connectivity index (χ4n) is 2.36. The molecule has 0 amide bonds. The number of benzene rings is 1. The molecule has 0 fully saturated rings. The van der Waals surface area contributed by atoms with Crippen molar-refractivity contribution in [1.82, 2.24) is 15.0 Å². The summed E-state index contributed by atoms with van der Waals surface area (Å²) in [4.78, 5) is 12.4. The largest absolute Gasteiger partial charge is 0.486 e. The van der Waals surface area contributed by atoms with E-state index in [1.54, 1.807) is 0 Å². The number of aromatic nitrogens is 3. The Bertz CT molecular complexity index is 633. The maximum atomic E-state index is 5.75. The third-order valence-corrected chi connectivity index (χ3v) is 3.85. The highest BCUT2D eigenvalue weighted by molar-refractivity contribution is 7.98. The Balaban J connectivity index is 1.71. The van der Waals surface area contributed by atoms with Gasteiger partial charge in [-0.1, -0.05) is 17.8 Å². The zero-order valence-corrected chi connectivity index (χ0v) is 12.1. The van der Waals surface area contributed by atoms with Crippen LogP contribution in [-0.4, -0.2) is 21.2 Å². The zero-order chi connectivity index (χ0) is 13.9. The molecule has 0 bridgehead atoms. The number of nitrogens with two attached hydrogens (primary N) is 1. The highest BCUT2D eigenvalue weighted by Crippen LogP contribution is 2.26. The standard InChI is InChI=1S/C14H16N4OS/c1-20-14-17-12(16-13(15)18-14)8-19-11-6-5-9-3-2-4-10(9)7-11/h5-7H,2-4,8H2,1H3,(H2,15,16,17,18). The molecule has 104 valence electrons. The first kappa shape index (κ1) is 13.2. The molecule has 0 saturated carbocycles. The van der Waals surface area contributed by atoms with Crippen molar-refractivity contribution in [1.29, 1.82) is 0 Å². The molecule has 2 aromatic rings. The Morgan fingerprint density at radius 3 is 2.90 bits per heavy atom. The first-order chi connectivity index (χ1) is 9.74. The van der Waals surface area contributed by atoms with E-state index in [0.29, 0.717) is 17.6 Å². The summed E-state index contributed by atoms with van der Waals surface area (Å²) in [5.74, 6) is 1.65. The molecule has 3 rings (SSSR count). The number of rotatable bonds is 4. The Labute approximate surface area is 122 Å². The fraction of sp³-hybridized carbons (Fsp3) is 0.357. The van der Waals surface area contributed by atoms with Crippen LogP contribution < -0.4 is 10.5 Å². The number of nitrogens with zero attached hydrogens (tertiary/aromatic N) is 3. The Morgan fingerprint density at radius 1 is 1.20 bits per heavy atom. The normalized spacial score (nSPS) is 13.2. The number of fused-ring (bicyclic) bond motifs is 1. The van der Waals surface area contributed by atoms with Crippen LogP contribution in [0.15, 0.2) is 23.4 Å². The zero-order valence-electron chi connectivity index (χ0n) is 11.3. The Hall–Kier alpha value is -1.82. The van der Waals surface area contributed by atoms with Gasteiger partial charge < -0.3 is 10.5 Å². The van der Waals surface area contributed by atoms with Gasteiger partial charge in [-0.3, -0.25) is 0 Å². The lowest BCUT2D eigenvalue weighted by Gasteiger charge is -2.08. The van der Waals surface area contributed by atoms with Gasteiger partial charge in [-0.2, -0.15) is 9.97 Å². The van der Waals surface area contributed by atoms with Crippen molar-refractivity contribution in [2.75, 3.05) is 12.0 Å². The van der Waals surface area contributed by atoms with E-state index in [0.717, 1.165) is 12.2 Å². The molecule has 0 unspecified atom stereocenters. The monoisotopic (exact) mass is 288 g/mol. The van der Waals surface area contributed by atoms with Crippen LogP contribution in [-0.2, 0) is 19.4 Å². The molecular weight excluding hydrogens is 272 g/mol. The number of aryl methyl sites for hydroxylation is 2. The minimum atomic E-state index is 0.233. The molecule has 20 heavy (non-hydrogen) atoms. The molecule has 1 aromatic carbocycles. The third kappa shape index (κ3) is 2.85. The third-order valence-electron chi connectivity index (χ3n) is 3.30. The molecule has 1 aliphatic rings. The Morgan fingerprint density at radius 2 is 2.05 bits per heavy atom. The van der Waals surface area contributed by atoms with Crippen molar-refractivity contribution in [3.8, 4) is 5.75 Å². The molecule has 0 spiro atoms. The maximum absolute atomic E-state index is 5.75. The first-order valence-corrected chi connectivity index (χ1v) is 7.76. The number of thioether (sulfide) groups is 1. The van der Waals surface area contributed by atoms with Gasteiger partial charge in [0.1, 0.15) is 12.4 Å². The van der Waals surface area contributed by atoms with Gasteiger partial charge in [-0.25, -0.2) is 4.98 Å². The number of hydrogen-bond donors (Lipinski definition) is 1. The van der Waals surface area contributed by atoms with E-state index in [4.69, 9.17) is 10.5 Å². The van der Waals surface area contributed by atoms with Crippen molar-refractivity contribution >= 4 is 17.7 Å². The van der Waals surface area contributed by atoms with Gasteiger partial charge in [0.25, 0.3) is 0 Å². The molecule has 2 N–H and O–H groups in total. The summed E-state index contributed by atoms with van der Waals surface area (Å²) in [6, 6.07) is 6.26. The van der Waals surface area contributed by atoms with Crippen LogP contribution in [0, 0.1) is 0 Å². The summed E-state index contributed by atoms with van der Waals surface area (Å²) < 4.78 is 5.75. The molecule has 0 saturated heterocycles. The summed E-state index contributed by atoms with van der Waals surface area (Å²) in [6.45, 7) is 0.305. The van der Waals surface area contributed by atoms with Gasteiger partial charge in [0, 0.05) is 0 Å². The van der Waals surface area contributed by atoms with Crippen LogP contribution in [0.25, 0.3) is 0 Å². The van der Waals surface area contributed by atoms with Gasteiger partial charge in [0.15, 0.2) is 11.0 Å². The lowest BCUT2D eigenvalue weighted by atomic mass is 10.1. The molecule has 1 heterocycles. The predicted molar refractivity (Wildman–Crippen MR) is 78.8 cm³/mol. The highest BCUT2D eigenvalue weighted by atomic mass is 32.2. The molecule has 6 heteroatoms. The second-order valence-electron chi connectivity index (χ2n) is 4.67. The number of ether oxygens (including phenoxy) is 1. The van der Waals surface area contributed by atoms with E-state index in [1.807, 2.05) is 12.3 Å². The van der Waals surface area contributed by atoms with Gasteiger partial charge in [-0.05, 0) is 48.8 Å². The van der Waals surface area contributed by atoms with Gasteiger partial charge in [0.05, 0.1) is 0 Å². The lowest BCUT2D eigenvalue weighted by molar-refractivity contribution is 0.294.